The average Bonchev–Trinajstić information content (AvgIpc) is 3.00. The normalized spacial score (nSPS) is 26.1. The molecule has 1 aromatic heterocycles. The van der Waals surface area contributed by atoms with Crippen LogP contribution in [0.5, 0.6) is 0 Å². The number of nitrogens with one attached hydrogen (secondary N) is 2. The van der Waals surface area contributed by atoms with Crippen molar-refractivity contribution in [1.29, 1.82) is 0 Å². The second-order valence-electron chi connectivity index (χ2n) is 9.53. The number of aromatic amines is 1. The quantitative estimate of drug-likeness (QED) is 0.542. The van der Waals surface area contributed by atoms with Gasteiger partial charge in [0, 0.05) is 40.8 Å². The molecule has 1 aromatic carbocycles. The van der Waals surface area contributed by atoms with Gasteiger partial charge in [-0.1, -0.05) is 20.8 Å². The number of nitro benzene ring substituents is 1. The van der Waals surface area contributed by atoms with Crippen LogP contribution in [0.4, 0.5) is 5.69 Å². The average molecular weight is 370 g/mol. The first-order valence-corrected chi connectivity index (χ1v) is 10.4. The molecule has 1 fully saturated rings. The third kappa shape index (κ3) is 3.62. The number of aryl methyl sites for hydroxylation is 1. The summed E-state index contributed by atoms with van der Waals surface area (Å²) in [6, 6.07) is 6.12. The Labute approximate surface area is 161 Å². The van der Waals surface area contributed by atoms with E-state index in [0.717, 1.165) is 36.1 Å². The van der Waals surface area contributed by atoms with Gasteiger partial charge in [-0.15, -0.1) is 0 Å². The maximum atomic E-state index is 11.1. The zero-order valence-corrected chi connectivity index (χ0v) is 16.7. The highest BCUT2D eigenvalue weighted by Crippen LogP contribution is 2.40. The summed E-state index contributed by atoms with van der Waals surface area (Å²) >= 11 is 0. The van der Waals surface area contributed by atoms with Gasteiger partial charge in [0.25, 0.3) is 5.69 Å². The highest BCUT2D eigenvalue weighted by atomic mass is 16.6. The third-order valence-electron chi connectivity index (χ3n) is 6.79. The van der Waals surface area contributed by atoms with Crippen molar-refractivity contribution < 1.29 is 4.92 Å². The van der Waals surface area contributed by atoms with Gasteiger partial charge >= 0.3 is 0 Å². The summed E-state index contributed by atoms with van der Waals surface area (Å²) in [6.07, 6.45) is 8.39. The molecule has 2 aliphatic carbocycles. The molecule has 2 aromatic rings. The number of rotatable bonds is 3. The fourth-order valence-corrected chi connectivity index (χ4v) is 5.14. The molecule has 0 saturated heterocycles. The van der Waals surface area contributed by atoms with Crippen LogP contribution in [-0.4, -0.2) is 15.9 Å². The van der Waals surface area contributed by atoms with E-state index in [2.05, 4.69) is 31.1 Å². The van der Waals surface area contributed by atoms with Crippen LogP contribution >= 0.6 is 0 Å². The summed E-state index contributed by atoms with van der Waals surface area (Å²) in [5.41, 5.74) is 4.15. The van der Waals surface area contributed by atoms with E-state index in [1.165, 1.54) is 36.9 Å². The minimum absolute atomic E-state index is 0.180. The molecule has 1 heterocycles. The number of nitrogens with zero attached hydrogens (tertiary/aromatic N) is 1. The van der Waals surface area contributed by atoms with Crippen LogP contribution in [0.2, 0.25) is 0 Å². The largest absolute Gasteiger partial charge is 0.357 e. The van der Waals surface area contributed by atoms with Crippen LogP contribution in [0.25, 0.3) is 10.9 Å². The Bertz CT molecular complexity index is 841. The van der Waals surface area contributed by atoms with Crippen LogP contribution in [0.3, 0.4) is 0 Å². The van der Waals surface area contributed by atoms with Crippen molar-refractivity contribution in [2.45, 2.75) is 77.8 Å². The van der Waals surface area contributed by atoms with E-state index in [1.54, 1.807) is 12.1 Å². The molecule has 27 heavy (non-hydrogen) atoms. The molecule has 0 amide bonds. The van der Waals surface area contributed by atoms with E-state index in [4.69, 9.17) is 0 Å². The van der Waals surface area contributed by atoms with Crippen molar-refractivity contribution in [2.75, 3.05) is 0 Å². The zero-order chi connectivity index (χ0) is 19.2. The number of H-pyrrole nitrogens is 1. The molecule has 0 spiro atoms. The van der Waals surface area contributed by atoms with E-state index < -0.39 is 0 Å². The van der Waals surface area contributed by atoms with E-state index in [1.807, 2.05) is 6.07 Å². The summed E-state index contributed by atoms with van der Waals surface area (Å²) in [7, 11) is 0. The maximum Gasteiger partial charge on any atom is 0.270 e. The van der Waals surface area contributed by atoms with Crippen LogP contribution in [-0.2, 0) is 6.42 Å². The summed E-state index contributed by atoms with van der Waals surface area (Å²) in [4.78, 5) is 14.4. The maximum absolute atomic E-state index is 11.1. The number of nitro groups is 1. The molecule has 0 aliphatic heterocycles. The van der Waals surface area contributed by atoms with Crippen molar-refractivity contribution in [3.8, 4) is 0 Å². The molecule has 5 heteroatoms. The fraction of sp³-hybridized carbons (Fsp3) is 0.636. The van der Waals surface area contributed by atoms with E-state index >= 15 is 0 Å². The van der Waals surface area contributed by atoms with E-state index in [9.17, 15) is 10.1 Å². The Hall–Kier alpha value is -1.88. The van der Waals surface area contributed by atoms with Gasteiger partial charge in [0.05, 0.1) is 4.92 Å². The lowest BCUT2D eigenvalue weighted by molar-refractivity contribution is -0.384. The first-order chi connectivity index (χ1) is 12.8. The molecule has 1 saturated carbocycles. The van der Waals surface area contributed by atoms with Crippen molar-refractivity contribution in [3.05, 3.63) is 39.6 Å². The van der Waals surface area contributed by atoms with Gasteiger partial charge in [0.15, 0.2) is 0 Å². The fourth-order valence-electron chi connectivity index (χ4n) is 5.14. The monoisotopic (exact) mass is 369 g/mol. The molecule has 2 aliphatic rings. The van der Waals surface area contributed by atoms with Gasteiger partial charge in [0.2, 0.25) is 0 Å². The summed E-state index contributed by atoms with van der Waals surface area (Å²) in [5.74, 6) is 0.825. The minimum atomic E-state index is -0.301. The number of non-ortho nitro benzene ring substituents is 1. The Balaban J connectivity index is 1.52. The molecular formula is C22H31N3O2. The second-order valence-corrected chi connectivity index (χ2v) is 9.53. The first-order valence-electron chi connectivity index (χ1n) is 10.4. The van der Waals surface area contributed by atoms with E-state index in [0.29, 0.717) is 17.5 Å². The minimum Gasteiger partial charge on any atom is -0.357 e. The molecule has 4 rings (SSSR count). The van der Waals surface area contributed by atoms with Gasteiger partial charge < -0.3 is 10.3 Å². The van der Waals surface area contributed by atoms with Crippen molar-refractivity contribution in [2.24, 2.45) is 11.3 Å². The highest BCUT2D eigenvalue weighted by Gasteiger charge is 2.32. The van der Waals surface area contributed by atoms with Crippen LogP contribution < -0.4 is 5.32 Å². The Morgan fingerprint density at radius 2 is 1.89 bits per heavy atom. The summed E-state index contributed by atoms with van der Waals surface area (Å²) in [6.45, 7) is 7.09. The zero-order valence-electron chi connectivity index (χ0n) is 16.7. The predicted molar refractivity (Wildman–Crippen MR) is 109 cm³/mol. The Morgan fingerprint density at radius 3 is 2.56 bits per heavy atom. The predicted octanol–water partition coefficient (Wildman–Crippen LogP) is 5.65. The smallest absolute Gasteiger partial charge is 0.270 e. The van der Waals surface area contributed by atoms with Gasteiger partial charge in [-0.05, 0) is 67.9 Å². The van der Waals surface area contributed by atoms with Gasteiger partial charge in [-0.25, -0.2) is 0 Å². The lowest BCUT2D eigenvalue weighted by atomic mass is 9.71. The first kappa shape index (κ1) is 18.5. The lowest BCUT2D eigenvalue weighted by Crippen LogP contribution is -2.39. The standard InChI is InChI=1S/C22H31N3O2/c1-22(2,3)14-7-9-15(10-8-14)23-20-6-4-5-17-18-13-16(25(26)27)11-12-19(18)24-21(17)20/h11-15,20,23-24H,4-10H2,1-3H3/t14?,15?,20-/m0/s1. The molecule has 5 nitrogen and oxygen atoms in total. The molecule has 0 bridgehead atoms. The van der Waals surface area contributed by atoms with Crippen molar-refractivity contribution in [1.82, 2.24) is 10.3 Å². The number of benzene rings is 1. The van der Waals surface area contributed by atoms with Crippen LogP contribution in [0.1, 0.15) is 76.6 Å². The van der Waals surface area contributed by atoms with Crippen molar-refractivity contribution >= 4 is 16.6 Å². The molecule has 0 unspecified atom stereocenters. The molecule has 1 atom stereocenters. The summed E-state index contributed by atoms with van der Waals surface area (Å²) < 4.78 is 0. The lowest BCUT2D eigenvalue weighted by Gasteiger charge is -2.39. The Kier molecular flexibility index (Phi) is 4.75. The number of hydrogen-bond donors (Lipinski definition) is 2. The van der Waals surface area contributed by atoms with Crippen LogP contribution in [0.15, 0.2) is 18.2 Å². The second kappa shape index (κ2) is 6.93. The van der Waals surface area contributed by atoms with Crippen LogP contribution in [0, 0.1) is 21.4 Å². The molecular weight excluding hydrogens is 338 g/mol. The molecule has 146 valence electrons. The topological polar surface area (TPSA) is 71.0 Å². The van der Waals surface area contributed by atoms with E-state index in [-0.39, 0.29) is 10.6 Å². The van der Waals surface area contributed by atoms with Crippen molar-refractivity contribution in [3.63, 3.8) is 0 Å². The van der Waals surface area contributed by atoms with Gasteiger partial charge in [-0.2, -0.15) is 0 Å². The summed E-state index contributed by atoms with van der Waals surface area (Å²) in [5, 5.41) is 16.1. The molecule has 2 N–H and O–H groups in total. The molecule has 0 radical (unpaired) electrons. The number of aromatic nitrogens is 1. The highest BCUT2D eigenvalue weighted by molar-refractivity contribution is 5.87. The Morgan fingerprint density at radius 1 is 1.15 bits per heavy atom. The third-order valence-corrected chi connectivity index (χ3v) is 6.79. The number of hydrogen-bond acceptors (Lipinski definition) is 3. The van der Waals surface area contributed by atoms with Gasteiger partial charge in [0.1, 0.15) is 0 Å². The van der Waals surface area contributed by atoms with Gasteiger partial charge in [-0.3, -0.25) is 10.1 Å². The SMILES string of the molecule is CC(C)(C)C1CCC(N[C@H]2CCCc3c2[nH]c2ccc([N+](=O)[O-])cc32)CC1. The number of fused-ring (bicyclic) bond motifs is 3.